The standard InChI is InChI=1S/C26H35N7O6/c1-3-14(2)22(27)25(37)31-19(9-16-11-28-13-30-16)23(35)33-21(12-34)24(36)32-20(26(38)39)8-15-10-29-18-7-5-4-6-17(15)18/h4-7,10-11,13-14,19-22,29,34H,3,8-9,12,27H2,1-2H3,(H,28,30)(H,31,37)(H,32,36)(H,33,35)(H,38,39). The van der Waals surface area contributed by atoms with E-state index < -0.39 is 54.5 Å². The topological polar surface area (TPSA) is 215 Å². The number of amides is 3. The summed E-state index contributed by atoms with van der Waals surface area (Å²) in [5.41, 5.74) is 8.06. The fraction of sp³-hybridized carbons (Fsp3) is 0.423. The van der Waals surface area contributed by atoms with Gasteiger partial charge in [0.25, 0.3) is 0 Å². The lowest BCUT2D eigenvalue weighted by Crippen LogP contribution is -2.59. The van der Waals surface area contributed by atoms with Crippen molar-refractivity contribution in [2.45, 2.75) is 57.3 Å². The van der Waals surface area contributed by atoms with Gasteiger partial charge in [-0.1, -0.05) is 38.5 Å². The molecule has 3 rings (SSSR count). The summed E-state index contributed by atoms with van der Waals surface area (Å²) in [7, 11) is 0. The van der Waals surface area contributed by atoms with E-state index in [1.807, 2.05) is 38.1 Å². The lowest BCUT2D eigenvalue weighted by molar-refractivity contribution is -0.142. The maximum atomic E-state index is 13.2. The summed E-state index contributed by atoms with van der Waals surface area (Å²) in [5, 5.41) is 27.8. The van der Waals surface area contributed by atoms with Crippen LogP contribution in [-0.2, 0) is 32.0 Å². The molecular formula is C26H35N7O6. The minimum absolute atomic E-state index is 0.0167. The molecule has 3 aromatic rings. The van der Waals surface area contributed by atoms with E-state index in [4.69, 9.17) is 5.73 Å². The van der Waals surface area contributed by atoms with Gasteiger partial charge in [0.15, 0.2) is 0 Å². The first-order valence-corrected chi connectivity index (χ1v) is 12.7. The molecule has 0 spiro atoms. The molecule has 3 amide bonds. The number of carbonyl (C=O) groups excluding carboxylic acids is 3. The Labute approximate surface area is 225 Å². The van der Waals surface area contributed by atoms with Gasteiger partial charge in [0, 0.05) is 41.8 Å². The molecule has 0 radical (unpaired) electrons. The highest BCUT2D eigenvalue weighted by molar-refractivity contribution is 5.94. The van der Waals surface area contributed by atoms with Crippen LogP contribution in [0, 0.1) is 5.92 Å². The van der Waals surface area contributed by atoms with Crippen molar-refractivity contribution in [3.63, 3.8) is 0 Å². The number of aromatic amines is 2. The number of rotatable bonds is 14. The number of H-pyrrole nitrogens is 2. The lowest BCUT2D eigenvalue weighted by atomic mass is 9.98. The fourth-order valence-electron chi connectivity index (χ4n) is 4.07. The predicted octanol–water partition coefficient (Wildman–Crippen LogP) is -0.419. The molecule has 0 bridgehead atoms. The van der Waals surface area contributed by atoms with Crippen molar-refractivity contribution in [1.29, 1.82) is 0 Å². The maximum Gasteiger partial charge on any atom is 0.326 e. The van der Waals surface area contributed by atoms with Gasteiger partial charge < -0.3 is 41.9 Å². The van der Waals surface area contributed by atoms with Gasteiger partial charge in [0.2, 0.25) is 17.7 Å². The molecule has 0 aliphatic rings. The molecule has 2 heterocycles. The second-order valence-electron chi connectivity index (χ2n) is 9.46. The van der Waals surface area contributed by atoms with Crippen LogP contribution in [0.3, 0.4) is 0 Å². The van der Waals surface area contributed by atoms with E-state index in [0.717, 1.165) is 10.9 Å². The summed E-state index contributed by atoms with van der Waals surface area (Å²) < 4.78 is 0. The number of aromatic nitrogens is 3. The largest absolute Gasteiger partial charge is 0.480 e. The number of aliphatic carboxylic acids is 1. The molecule has 5 unspecified atom stereocenters. The molecular weight excluding hydrogens is 506 g/mol. The molecule has 9 N–H and O–H groups in total. The number of nitrogens with two attached hydrogens (primary N) is 1. The van der Waals surface area contributed by atoms with E-state index in [1.54, 1.807) is 6.20 Å². The average Bonchev–Trinajstić information content (AvgIpc) is 3.59. The van der Waals surface area contributed by atoms with E-state index >= 15 is 0 Å². The van der Waals surface area contributed by atoms with E-state index in [2.05, 4.69) is 30.9 Å². The molecule has 0 fully saturated rings. The van der Waals surface area contributed by atoms with E-state index in [9.17, 15) is 29.4 Å². The molecule has 0 aliphatic heterocycles. The Hall–Kier alpha value is -4.23. The SMILES string of the molecule is CCC(C)C(N)C(=O)NC(Cc1cnc[nH]1)C(=O)NC(CO)C(=O)NC(Cc1c[nH]c2ccccc12)C(=O)O. The zero-order chi connectivity index (χ0) is 28.5. The van der Waals surface area contributed by atoms with Gasteiger partial charge in [-0.3, -0.25) is 14.4 Å². The molecule has 1 aromatic carbocycles. The molecule has 0 saturated heterocycles. The number of nitrogens with zero attached hydrogens (tertiary/aromatic N) is 1. The highest BCUT2D eigenvalue weighted by atomic mass is 16.4. The lowest BCUT2D eigenvalue weighted by Gasteiger charge is -2.25. The summed E-state index contributed by atoms with van der Waals surface area (Å²) in [5.74, 6) is -3.60. The third kappa shape index (κ3) is 7.65. The average molecular weight is 542 g/mol. The number of carbonyl (C=O) groups is 4. The summed E-state index contributed by atoms with van der Waals surface area (Å²) in [6.07, 6.45) is 5.22. The number of nitrogens with one attached hydrogen (secondary N) is 5. The van der Waals surface area contributed by atoms with Crippen molar-refractivity contribution < 1.29 is 29.4 Å². The molecule has 0 aliphatic carbocycles. The minimum Gasteiger partial charge on any atom is -0.480 e. The van der Waals surface area contributed by atoms with E-state index in [1.165, 1.54) is 12.5 Å². The first-order chi connectivity index (χ1) is 18.6. The summed E-state index contributed by atoms with van der Waals surface area (Å²) in [4.78, 5) is 60.5. The predicted molar refractivity (Wildman–Crippen MR) is 142 cm³/mol. The van der Waals surface area contributed by atoms with Crippen LogP contribution in [0.4, 0.5) is 0 Å². The van der Waals surface area contributed by atoms with Crippen LogP contribution >= 0.6 is 0 Å². The van der Waals surface area contributed by atoms with Crippen LogP contribution in [0.15, 0.2) is 43.0 Å². The van der Waals surface area contributed by atoms with Crippen LogP contribution in [-0.4, -0.2) is 79.6 Å². The van der Waals surface area contributed by atoms with Crippen molar-refractivity contribution in [3.05, 3.63) is 54.2 Å². The third-order valence-electron chi connectivity index (χ3n) is 6.70. The van der Waals surface area contributed by atoms with Crippen molar-refractivity contribution in [1.82, 2.24) is 30.9 Å². The number of para-hydroxylation sites is 1. The van der Waals surface area contributed by atoms with Crippen LogP contribution in [0.1, 0.15) is 31.5 Å². The second-order valence-corrected chi connectivity index (χ2v) is 9.46. The summed E-state index contributed by atoms with van der Waals surface area (Å²) in [6, 6.07) is 2.55. The van der Waals surface area contributed by atoms with E-state index in [0.29, 0.717) is 17.7 Å². The number of aliphatic hydroxyl groups is 1. The second kappa shape index (κ2) is 13.5. The van der Waals surface area contributed by atoms with Gasteiger partial charge >= 0.3 is 5.97 Å². The first kappa shape index (κ1) is 29.3. The Morgan fingerprint density at radius 2 is 1.64 bits per heavy atom. The number of carboxylic acid groups (broad SMARTS) is 1. The molecule has 0 saturated carbocycles. The number of aliphatic hydroxyl groups excluding tert-OH is 1. The monoisotopic (exact) mass is 541 g/mol. The Balaban J connectivity index is 1.70. The smallest absolute Gasteiger partial charge is 0.326 e. The van der Waals surface area contributed by atoms with Crippen LogP contribution in [0.5, 0.6) is 0 Å². The van der Waals surface area contributed by atoms with Crippen molar-refractivity contribution >= 4 is 34.6 Å². The van der Waals surface area contributed by atoms with Crippen molar-refractivity contribution in [3.8, 4) is 0 Å². The molecule has 13 heteroatoms. The first-order valence-electron chi connectivity index (χ1n) is 12.7. The maximum absolute atomic E-state index is 13.2. The number of carboxylic acids is 1. The van der Waals surface area contributed by atoms with Gasteiger partial charge in [-0.05, 0) is 17.5 Å². The number of hydrogen-bond donors (Lipinski definition) is 8. The van der Waals surface area contributed by atoms with Gasteiger partial charge in [-0.25, -0.2) is 9.78 Å². The summed E-state index contributed by atoms with van der Waals surface area (Å²) >= 11 is 0. The van der Waals surface area contributed by atoms with Gasteiger partial charge in [-0.2, -0.15) is 0 Å². The molecule has 2 aromatic heterocycles. The molecule has 13 nitrogen and oxygen atoms in total. The van der Waals surface area contributed by atoms with Crippen LogP contribution in [0.25, 0.3) is 10.9 Å². The van der Waals surface area contributed by atoms with Crippen molar-refractivity contribution in [2.75, 3.05) is 6.61 Å². The zero-order valence-electron chi connectivity index (χ0n) is 21.8. The Kier molecular flexibility index (Phi) is 10.2. The molecule has 210 valence electrons. The highest BCUT2D eigenvalue weighted by Gasteiger charge is 2.31. The molecule has 39 heavy (non-hydrogen) atoms. The minimum atomic E-state index is -1.47. The Bertz CT molecular complexity index is 1270. The number of benzene rings is 1. The highest BCUT2D eigenvalue weighted by Crippen LogP contribution is 2.19. The number of fused-ring (bicyclic) bond motifs is 1. The molecule has 5 atom stereocenters. The van der Waals surface area contributed by atoms with Crippen LogP contribution in [0.2, 0.25) is 0 Å². The normalized spacial score (nSPS) is 15.1. The van der Waals surface area contributed by atoms with Crippen molar-refractivity contribution in [2.24, 2.45) is 11.7 Å². The fourth-order valence-corrected chi connectivity index (χ4v) is 4.07. The number of hydrogen-bond acceptors (Lipinski definition) is 7. The van der Waals surface area contributed by atoms with Gasteiger partial charge in [0.05, 0.1) is 19.0 Å². The van der Waals surface area contributed by atoms with Gasteiger partial charge in [0.1, 0.15) is 18.1 Å². The third-order valence-corrected chi connectivity index (χ3v) is 6.70. The Morgan fingerprint density at radius 1 is 0.974 bits per heavy atom. The quantitative estimate of drug-likeness (QED) is 0.134. The number of imidazole rings is 1. The van der Waals surface area contributed by atoms with E-state index in [-0.39, 0.29) is 18.8 Å². The van der Waals surface area contributed by atoms with Crippen LogP contribution < -0.4 is 21.7 Å². The Morgan fingerprint density at radius 3 is 2.28 bits per heavy atom. The zero-order valence-corrected chi connectivity index (χ0v) is 21.8. The van der Waals surface area contributed by atoms with Gasteiger partial charge in [-0.15, -0.1) is 0 Å². The summed E-state index contributed by atoms with van der Waals surface area (Å²) in [6.45, 7) is 2.91.